The molecule has 2 N–H and O–H groups in total. The number of nitrogens with one attached hydrogen (secondary N) is 1. The van der Waals surface area contributed by atoms with Crippen LogP contribution < -0.4 is 0 Å². The lowest BCUT2D eigenvalue weighted by Gasteiger charge is -2.34. The number of piperidine rings is 1. The predicted molar refractivity (Wildman–Crippen MR) is 83.0 cm³/mol. The van der Waals surface area contributed by atoms with Crippen LogP contribution in [0.4, 0.5) is 0 Å². The van der Waals surface area contributed by atoms with Gasteiger partial charge in [0.25, 0.3) is 0 Å². The van der Waals surface area contributed by atoms with Crippen molar-refractivity contribution in [3.05, 3.63) is 36.0 Å². The molecule has 0 aliphatic carbocycles. The Balaban J connectivity index is 1.61. The van der Waals surface area contributed by atoms with Crippen molar-refractivity contribution in [3.63, 3.8) is 0 Å². The molecule has 0 radical (unpaired) electrons. The number of β-amino-alcohol motifs (C(OH)–C–C–N with tert-alkyl or cyclic N) is 1. The molecule has 1 aliphatic heterocycles. The molecule has 2 unspecified atom stereocenters. The zero-order valence-electron chi connectivity index (χ0n) is 12.4. The highest BCUT2D eigenvalue weighted by molar-refractivity contribution is 5.84. The van der Waals surface area contributed by atoms with Gasteiger partial charge in [0, 0.05) is 36.6 Å². The number of para-hydroxylation sites is 1. The fourth-order valence-corrected chi connectivity index (χ4v) is 3.01. The lowest BCUT2D eigenvalue weighted by molar-refractivity contribution is -0.135. The molecule has 4 nitrogen and oxygen atoms in total. The van der Waals surface area contributed by atoms with Crippen LogP contribution in [0.15, 0.2) is 30.5 Å². The summed E-state index contributed by atoms with van der Waals surface area (Å²) in [5.41, 5.74) is 2.30. The summed E-state index contributed by atoms with van der Waals surface area (Å²) >= 11 is 0. The van der Waals surface area contributed by atoms with Gasteiger partial charge >= 0.3 is 0 Å². The molecule has 2 heterocycles. The normalized spacial score (nSPS) is 22.7. The number of aryl methyl sites for hydroxylation is 1. The van der Waals surface area contributed by atoms with Crippen molar-refractivity contribution in [1.29, 1.82) is 0 Å². The van der Waals surface area contributed by atoms with Crippen molar-refractivity contribution >= 4 is 16.8 Å². The molecule has 1 aliphatic rings. The zero-order chi connectivity index (χ0) is 14.8. The first-order chi connectivity index (χ1) is 10.1. The van der Waals surface area contributed by atoms with E-state index in [0.717, 1.165) is 24.9 Å². The van der Waals surface area contributed by atoms with Crippen molar-refractivity contribution in [2.75, 3.05) is 13.1 Å². The maximum absolute atomic E-state index is 12.3. The molecule has 21 heavy (non-hydrogen) atoms. The molecular weight excluding hydrogens is 264 g/mol. The van der Waals surface area contributed by atoms with Crippen LogP contribution in [-0.2, 0) is 11.2 Å². The quantitative estimate of drug-likeness (QED) is 0.910. The standard InChI is InChI=1S/C17H22N2O2/c1-12-8-9-19(11-16(12)20)17(21)7-6-13-10-18-15-5-3-2-4-14(13)15/h2-5,10,12,16,18,20H,6-9,11H2,1H3. The molecule has 2 atom stereocenters. The summed E-state index contributed by atoms with van der Waals surface area (Å²) in [6.45, 7) is 3.29. The summed E-state index contributed by atoms with van der Waals surface area (Å²) in [6, 6.07) is 8.15. The molecule has 2 aromatic rings. The number of aromatic amines is 1. The number of aromatic nitrogens is 1. The molecular formula is C17H22N2O2. The first kappa shape index (κ1) is 14.1. The van der Waals surface area contributed by atoms with Crippen LogP contribution in [0, 0.1) is 5.92 Å². The van der Waals surface area contributed by atoms with Crippen LogP contribution in [0.5, 0.6) is 0 Å². The Morgan fingerprint density at radius 2 is 2.24 bits per heavy atom. The molecule has 3 rings (SSSR count). The van der Waals surface area contributed by atoms with Gasteiger partial charge in [-0.15, -0.1) is 0 Å². The SMILES string of the molecule is CC1CCN(C(=O)CCc2c[nH]c3ccccc23)CC1O. The average molecular weight is 286 g/mol. The van der Waals surface area contributed by atoms with E-state index < -0.39 is 0 Å². The van der Waals surface area contributed by atoms with E-state index in [1.807, 2.05) is 31.3 Å². The van der Waals surface area contributed by atoms with E-state index in [1.54, 1.807) is 4.90 Å². The first-order valence-electron chi connectivity index (χ1n) is 7.66. The summed E-state index contributed by atoms with van der Waals surface area (Å²) in [4.78, 5) is 17.3. The number of hydrogen-bond acceptors (Lipinski definition) is 2. The Morgan fingerprint density at radius 1 is 1.43 bits per heavy atom. The molecule has 1 fully saturated rings. The molecule has 112 valence electrons. The van der Waals surface area contributed by atoms with Gasteiger partial charge in [0.15, 0.2) is 0 Å². The fraction of sp³-hybridized carbons (Fsp3) is 0.471. The third kappa shape index (κ3) is 2.95. The van der Waals surface area contributed by atoms with Gasteiger partial charge in [-0.3, -0.25) is 4.79 Å². The number of aliphatic hydroxyl groups is 1. The van der Waals surface area contributed by atoms with Gasteiger partial charge in [0.2, 0.25) is 5.91 Å². The van der Waals surface area contributed by atoms with E-state index in [1.165, 1.54) is 10.9 Å². The number of aliphatic hydroxyl groups excluding tert-OH is 1. The van der Waals surface area contributed by atoms with E-state index in [9.17, 15) is 9.90 Å². The zero-order valence-corrected chi connectivity index (χ0v) is 12.4. The monoisotopic (exact) mass is 286 g/mol. The number of fused-ring (bicyclic) bond motifs is 1. The number of hydrogen-bond donors (Lipinski definition) is 2. The minimum absolute atomic E-state index is 0.145. The number of H-pyrrole nitrogens is 1. The van der Waals surface area contributed by atoms with Gasteiger partial charge in [-0.25, -0.2) is 0 Å². The molecule has 1 aromatic heterocycles. The molecule has 4 heteroatoms. The van der Waals surface area contributed by atoms with Crippen molar-refractivity contribution < 1.29 is 9.90 Å². The highest BCUT2D eigenvalue weighted by atomic mass is 16.3. The minimum Gasteiger partial charge on any atom is -0.391 e. The Labute approximate surface area is 124 Å². The molecule has 1 aromatic carbocycles. The van der Waals surface area contributed by atoms with Gasteiger partial charge in [-0.05, 0) is 30.4 Å². The van der Waals surface area contributed by atoms with Gasteiger partial charge < -0.3 is 15.0 Å². The number of nitrogens with zero attached hydrogens (tertiary/aromatic N) is 1. The molecule has 1 saturated heterocycles. The number of carbonyl (C=O) groups excluding carboxylic acids is 1. The predicted octanol–water partition coefficient (Wildman–Crippen LogP) is 2.33. The summed E-state index contributed by atoms with van der Waals surface area (Å²) in [5.74, 6) is 0.439. The van der Waals surface area contributed by atoms with Crippen molar-refractivity contribution in [3.8, 4) is 0 Å². The van der Waals surface area contributed by atoms with Crippen LogP contribution in [-0.4, -0.2) is 40.1 Å². The highest BCUT2D eigenvalue weighted by Crippen LogP contribution is 2.21. The first-order valence-corrected chi connectivity index (χ1v) is 7.66. The Morgan fingerprint density at radius 3 is 3.05 bits per heavy atom. The van der Waals surface area contributed by atoms with Crippen molar-refractivity contribution in [2.24, 2.45) is 5.92 Å². The maximum atomic E-state index is 12.3. The van der Waals surface area contributed by atoms with E-state index in [4.69, 9.17) is 0 Å². The molecule has 0 bridgehead atoms. The topological polar surface area (TPSA) is 56.3 Å². The van der Waals surface area contributed by atoms with Crippen LogP contribution in [0.25, 0.3) is 10.9 Å². The second kappa shape index (κ2) is 5.90. The van der Waals surface area contributed by atoms with E-state index in [2.05, 4.69) is 11.1 Å². The summed E-state index contributed by atoms with van der Waals surface area (Å²) < 4.78 is 0. The Bertz CT molecular complexity index is 635. The van der Waals surface area contributed by atoms with Gasteiger partial charge in [0.05, 0.1) is 6.10 Å². The molecule has 0 spiro atoms. The Hall–Kier alpha value is -1.81. The number of likely N-dealkylation sites (tertiary alicyclic amines) is 1. The van der Waals surface area contributed by atoms with Crippen LogP contribution in [0.3, 0.4) is 0 Å². The summed E-state index contributed by atoms with van der Waals surface area (Å²) in [5, 5.41) is 11.1. The van der Waals surface area contributed by atoms with Gasteiger partial charge in [-0.2, -0.15) is 0 Å². The fourth-order valence-electron chi connectivity index (χ4n) is 3.01. The number of rotatable bonds is 3. The largest absolute Gasteiger partial charge is 0.391 e. The number of carbonyl (C=O) groups is 1. The molecule has 1 amide bonds. The van der Waals surface area contributed by atoms with Gasteiger partial charge in [-0.1, -0.05) is 25.1 Å². The lowest BCUT2D eigenvalue weighted by Crippen LogP contribution is -2.45. The van der Waals surface area contributed by atoms with Crippen molar-refractivity contribution in [1.82, 2.24) is 9.88 Å². The Kier molecular flexibility index (Phi) is 3.97. The van der Waals surface area contributed by atoms with Crippen LogP contribution in [0.1, 0.15) is 25.3 Å². The summed E-state index contributed by atoms with van der Waals surface area (Å²) in [6.07, 6.45) is 3.75. The van der Waals surface area contributed by atoms with Crippen molar-refractivity contribution in [2.45, 2.75) is 32.3 Å². The molecule has 0 saturated carbocycles. The smallest absolute Gasteiger partial charge is 0.222 e. The highest BCUT2D eigenvalue weighted by Gasteiger charge is 2.26. The van der Waals surface area contributed by atoms with Crippen LogP contribution in [0.2, 0.25) is 0 Å². The average Bonchev–Trinajstić information content (AvgIpc) is 2.91. The third-order valence-corrected chi connectivity index (χ3v) is 4.55. The maximum Gasteiger partial charge on any atom is 0.222 e. The third-order valence-electron chi connectivity index (χ3n) is 4.55. The van der Waals surface area contributed by atoms with Crippen LogP contribution >= 0.6 is 0 Å². The second-order valence-electron chi connectivity index (χ2n) is 6.03. The van der Waals surface area contributed by atoms with E-state index in [-0.39, 0.29) is 12.0 Å². The summed E-state index contributed by atoms with van der Waals surface area (Å²) in [7, 11) is 0. The van der Waals surface area contributed by atoms with Gasteiger partial charge in [0.1, 0.15) is 0 Å². The minimum atomic E-state index is -0.379. The van der Waals surface area contributed by atoms with E-state index in [0.29, 0.717) is 18.9 Å². The second-order valence-corrected chi connectivity index (χ2v) is 6.03. The lowest BCUT2D eigenvalue weighted by atomic mass is 9.95. The van der Waals surface area contributed by atoms with E-state index >= 15 is 0 Å². The number of amides is 1. The number of benzene rings is 1.